The van der Waals surface area contributed by atoms with E-state index < -0.39 is 78.2 Å². The lowest BCUT2D eigenvalue weighted by molar-refractivity contribution is -0.144. The van der Waals surface area contributed by atoms with Crippen molar-refractivity contribution in [2.45, 2.75) is 24.7 Å². The molecule has 0 aliphatic heterocycles. The van der Waals surface area contributed by atoms with Crippen molar-refractivity contribution in [2.75, 3.05) is 0 Å². The molecule has 0 aromatic heterocycles. The molecular formula is C16H6F14Si. The van der Waals surface area contributed by atoms with E-state index in [1.807, 2.05) is 0 Å². The molecule has 0 N–H and O–H groups in total. The highest BCUT2D eigenvalue weighted by Crippen LogP contribution is 2.38. The van der Waals surface area contributed by atoms with E-state index in [0.29, 0.717) is 0 Å². The minimum atomic E-state index is -7.10. The number of hydrogen-bond donors (Lipinski definition) is 0. The van der Waals surface area contributed by atoms with Crippen molar-refractivity contribution < 1.29 is 60.9 Å². The number of benzene rings is 2. The Balaban J connectivity index is 2.84. The van der Waals surface area contributed by atoms with Crippen LogP contribution in [-0.2, 0) is 24.7 Å². The Morgan fingerprint density at radius 2 is 0.742 bits per heavy atom. The second-order valence-electron chi connectivity index (χ2n) is 6.09. The maximum Gasteiger partial charge on any atom is 0.488 e. The zero-order valence-electron chi connectivity index (χ0n) is 14.3. The van der Waals surface area contributed by atoms with Crippen molar-refractivity contribution in [1.82, 2.24) is 0 Å². The van der Waals surface area contributed by atoms with E-state index >= 15 is 0 Å². The molecule has 2 aromatic rings. The number of halogens is 14. The zero-order chi connectivity index (χ0) is 24.2. The molecule has 0 fully saturated rings. The molecule has 0 saturated heterocycles. The van der Waals surface area contributed by atoms with Crippen molar-refractivity contribution in [1.29, 1.82) is 0 Å². The Kier molecular flexibility index (Phi) is 5.93. The number of hydrogen-bond acceptors (Lipinski definition) is 0. The average Bonchev–Trinajstić information content (AvgIpc) is 2.57. The molecule has 0 atom stereocenters. The van der Waals surface area contributed by atoms with Gasteiger partial charge in [0.25, 0.3) is 0 Å². The van der Waals surface area contributed by atoms with Crippen LogP contribution in [0.3, 0.4) is 0 Å². The summed E-state index contributed by atoms with van der Waals surface area (Å²) in [5, 5.41) is -4.31. The lowest BCUT2D eigenvalue weighted by atomic mass is 10.1. The summed E-state index contributed by atoms with van der Waals surface area (Å²) >= 11 is 0. The molecule has 0 unspecified atom stereocenters. The van der Waals surface area contributed by atoms with Gasteiger partial charge >= 0.3 is 33.4 Å². The summed E-state index contributed by atoms with van der Waals surface area (Å²) < 4.78 is 185. The van der Waals surface area contributed by atoms with Gasteiger partial charge in [-0.25, -0.2) is 0 Å². The van der Waals surface area contributed by atoms with Gasteiger partial charge in [0.2, 0.25) is 0 Å². The van der Waals surface area contributed by atoms with Crippen molar-refractivity contribution >= 4 is 19.1 Å². The Morgan fingerprint density at radius 1 is 0.452 bits per heavy atom. The Hall–Kier alpha value is -2.32. The Morgan fingerprint density at radius 3 is 0.968 bits per heavy atom. The topological polar surface area (TPSA) is 0 Å². The van der Waals surface area contributed by atoms with Crippen molar-refractivity contribution in [3.63, 3.8) is 0 Å². The zero-order valence-corrected chi connectivity index (χ0v) is 15.3. The summed E-state index contributed by atoms with van der Waals surface area (Å²) in [6.07, 6.45) is -22.4. The van der Waals surface area contributed by atoms with E-state index in [9.17, 15) is 60.9 Å². The van der Waals surface area contributed by atoms with Crippen LogP contribution >= 0.6 is 0 Å². The van der Waals surface area contributed by atoms with Gasteiger partial charge in [-0.2, -0.15) is 52.7 Å². The second kappa shape index (κ2) is 7.38. The first-order valence-corrected chi connectivity index (χ1v) is 9.38. The average molecular weight is 492 g/mol. The van der Waals surface area contributed by atoms with Crippen molar-refractivity contribution in [2.24, 2.45) is 0 Å². The minimum Gasteiger partial charge on any atom is -0.259 e. The van der Waals surface area contributed by atoms with Crippen LogP contribution in [0.1, 0.15) is 22.3 Å². The molecule has 0 heterocycles. The highest BCUT2D eigenvalue weighted by Gasteiger charge is 2.53. The fourth-order valence-corrected chi connectivity index (χ4v) is 4.58. The fourth-order valence-electron chi connectivity index (χ4n) is 2.60. The van der Waals surface area contributed by atoms with Crippen LogP contribution in [0.5, 0.6) is 0 Å². The van der Waals surface area contributed by atoms with Crippen LogP contribution in [-0.4, -0.2) is 8.74 Å². The van der Waals surface area contributed by atoms with Crippen LogP contribution in [0, 0.1) is 0 Å². The number of alkyl halides is 12. The van der Waals surface area contributed by atoms with E-state index in [0.717, 1.165) is 0 Å². The van der Waals surface area contributed by atoms with Gasteiger partial charge in [0.1, 0.15) is 0 Å². The van der Waals surface area contributed by atoms with Crippen molar-refractivity contribution in [3.05, 3.63) is 58.7 Å². The summed E-state index contributed by atoms with van der Waals surface area (Å²) in [5.41, 5.74) is -9.05. The first-order chi connectivity index (χ1) is 13.7. The van der Waals surface area contributed by atoms with Crippen LogP contribution in [0.15, 0.2) is 36.4 Å². The molecule has 0 bridgehead atoms. The quantitative estimate of drug-likeness (QED) is 0.264. The maximum absolute atomic E-state index is 14.9. The normalized spacial score (nSPS) is 14.1. The standard InChI is InChI=1S/C16H6F14Si/c17-13(18,19)7-1-3-11(9(5-7)15(23,24)25)31(29,30)12-4-2-8(14(20,21)22)6-10(12)16(26,27)28/h1-6H. The molecule has 0 spiro atoms. The summed E-state index contributed by atoms with van der Waals surface area (Å²) in [5.74, 6) is 0. The molecule has 0 nitrogen and oxygen atoms in total. The van der Waals surface area contributed by atoms with E-state index in [1.165, 1.54) is 0 Å². The fraction of sp³-hybridized carbons (Fsp3) is 0.250. The van der Waals surface area contributed by atoms with Crippen molar-refractivity contribution in [3.8, 4) is 0 Å². The van der Waals surface area contributed by atoms with Gasteiger partial charge in [0.15, 0.2) is 0 Å². The molecule has 0 aliphatic carbocycles. The van der Waals surface area contributed by atoms with Gasteiger partial charge < -0.3 is 0 Å². The Labute approximate surface area is 164 Å². The first kappa shape index (κ1) is 24.9. The minimum absolute atomic E-state index is 0.178. The van der Waals surface area contributed by atoms with E-state index in [4.69, 9.17) is 0 Å². The molecule has 0 amide bonds. The third kappa shape index (κ3) is 5.12. The Bertz CT molecular complexity index is 885. The molecule has 2 rings (SSSR count). The SMILES string of the molecule is FC(F)(F)c1ccc([Si](F)(F)c2ccc(C(F)(F)F)cc2C(F)(F)F)c(C(F)(F)F)c1. The summed E-state index contributed by atoms with van der Waals surface area (Å²) in [6.45, 7) is 0. The van der Waals surface area contributed by atoms with Crippen LogP contribution < -0.4 is 10.4 Å². The van der Waals surface area contributed by atoms with Gasteiger partial charge in [0.05, 0.1) is 22.3 Å². The monoisotopic (exact) mass is 492 g/mol. The molecule has 15 heteroatoms. The summed E-state index contributed by atoms with van der Waals surface area (Å²) in [4.78, 5) is 0. The summed E-state index contributed by atoms with van der Waals surface area (Å²) in [7, 11) is -7.10. The molecule has 172 valence electrons. The maximum atomic E-state index is 14.9. The van der Waals surface area contributed by atoms with Gasteiger partial charge in [0, 0.05) is 10.4 Å². The first-order valence-electron chi connectivity index (χ1n) is 7.62. The molecule has 0 radical (unpaired) electrons. The van der Waals surface area contributed by atoms with E-state index in [2.05, 4.69) is 0 Å². The predicted octanol–water partition coefficient (Wildman–Crippen LogP) is 6.26. The largest absolute Gasteiger partial charge is 0.488 e. The molecule has 2 aromatic carbocycles. The highest BCUT2D eigenvalue weighted by molar-refractivity contribution is 6.92. The molecule has 0 saturated carbocycles. The lowest BCUT2D eigenvalue weighted by Gasteiger charge is -2.24. The van der Waals surface area contributed by atoms with E-state index in [-0.39, 0.29) is 24.3 Å². The summed E-state index contributed by atoms with van der Waals surface area (Å²) in [6, 6.07) is -2.35. The van der Waals surface area contributed by atoms with Crippen LogP contribution in [0.4, 0.5) is 60.9 Å². The highest BCUT2D eigenvalue weighted by atomic mass is 28.4. The molecular weight excluding hydrogens is 486 g/mol. The van der Waals surface area contributed by atoms with Gasteiger partial charge in [-0.1, -0.05) is 12.1 Å². The second-order valence-corrected chi connectivity index (χ2v) is 8.31. The van der Waals surface area contributed by atoms with E-state index in [1.54, 1.807) is 0 Å². The van der Waals surface area contributed by atoms with Crippen LogP contribution in [0.25, 0.3) is 0 Å². The smallest absolute Gasteiger partial charge is 0.259 e. The predicted molar refractivity (Wildman–Crippen MR) is 80.1 cm³/mol. The number of rotatable bonds is 2. The van der Waals surface area contributed by atoms with Gasteiger partial charge in [-0.05, 0) is 24.3 Å². The van der Waals surface area contributed by atoms with Gasteiger partial charge in [-0.15, -0.1) is 0 Å². The third-order valence-electron chi connectivity index (χ3n) is 3.98. The third-order valence-corrected chi connectivity index (χ3v) is 6.21. The lowest BCUT2D eigenvalue weighted by Crippen LogP contribution is -2.55. The molecule has 0 aliphatic rings. The van der Waals surface area contributed by atoms with Gasteiger partial charge in [-0.3, -0.25) is 8.22 Å². The molecule has 31 heavy (non-hydrogen) atoms. The van der Waals surface area contributed by atoms with Crippen LogP contribution in [0.2, 0.25) is 0 Å².